The van der Waals surface area contributed by atoms with E-state index < -0.39 is 0 Å². The van der Waals surface area contributed by atoms with Crippen LogP contribution in [0.4, 0.5) is 5.95 Å². The Labute approximate surface area is 101 Å². The van der Waals surface area contributed by atoms with E-state index in [9.17, 15) is 0 Å². The van der Waals surface area contributed by atoms with E-state index >= 15 is 0 Å². The molecule has 0 radical (unpaired) electrons. The molecular weight excluding hydrogens is 210 g/mol. The third-order valence-electron chi connectivity index (χ3n) is 3.25. The number of anilines is 1. The molecule has 0 aliphatic heterocycles. The van der Waals surface area contributed by atoms with E-state index in [2.05, 4.69) is 39.6 Å². The number of nitrogens with one attached hydrogen (secondary N) is 1. The van der Waals surface area contributed by atoms with Gasteiger partial charge in [0.05, 0.1) is 0 Å². The van der Waals surface area contributed by atoms with Gasteiger partial charge >= 0.3 is 0 Å². The van der Waals surface area contributed by atoms with E-state index in [1.54, 1.807) is 0 Å². The van der Waals surface area contributed by atoms with Gasteiger partial charge in [0.2, 0.25) is 5.95 Å². The molecule has 1 heterocycles. The van der Waals surface area contributed by atoms with Crippen LogP contribution in [0.25, 0.3) is 0 Å². The molecule has 86 valence electrons. The van der Waals surface area contributed by atoms with E-state index in [1.807, 2.05) is 19.3 Å². The van der Waals surface area contributed by atoms with Gasteiger partial charge in [-0.25, -0.2) is 9.97 Å². The van der Waals surface area contributed by atoms with E-state index in [0.29, 0.717) is 5.92 Å². The van der Waals surface area contributed by atoms with Crippen LogP contribution in [-0.4, -0.2) is 16.5 Å². The Kier molecular flexibility index (Phi) is 2.52. The minimum absolute atomic E-state index is 0.608. The van der Waals surface area contributed by atoms with Gasteiger partial charge in [-0.15, -0.1) is 0 Å². The maximum atomic E-state index is 4.24. The number of aromatic nitrogens is 2. The van der Waals surface area contributed by atoms with E-state index in [-0.39, 0.29) is 0 Å². The molecule has 0 bridgehead atoms. The molecule has 1 unspecified atom stereocenters. The molecule has 1 aliphatic carbocycles. The first-order valence-electron chi connectivity index (χ1n) is 5.93. The van der Waals surface area contributed by atoms with Gasteiger partial charge < -0.3 is 5.32 Å². The molecule has 0 saturated heterocycles. The lowest BCUT2D eigenvalue weighted by Gasteiger charge is -2.30. The van der Waals surface area contributed by atoms with Crippen LogP contribution in [-0.2, 0) is 6.42 Å². The Morgan fingerprint density at radius 3 is 2.76 bits per heavy atom. The minimum Gasteiger partial charge on any atom is -0.354 e. The van der Waals surface area contributed by atoms with Crippen LogP contribution in [0.2, 0.25) is 0 Å². The summed E-state index contributed by atoms with van der Waals surface area (Å²) in [4.78, 5) is 8.48. The van der Waals surface area contributed by atoms with Crippen molar-refractivity contribution in [3.05, 3.63) is 53.3 Å². The maximum absolute atomic E-state index is 4.24. The second-order valence-corrected chi connectivity index (χ2v) is 4.56. The first kappa shape index (κ1) is 10.3. The summed E-state index contributed by atoms with van der Waals surface area (Å²) >= 11 is 0. The molecule has 0 fully saturated rings. The van der Waals surface area contributed by atoms with Crippen LogP contribution in [0.1, 0.15) is 22.6 Å². The number of aryl methyl sites for hydroxylation is 1. The monoisotopic (exact) mass is 225 g/mol. The lowest BCUT2D eigenvalue weighted by molar-refractivity contribution is 0.633. The summed E-state index contributed by atoms with van der Waals surface area (Å²) in [6.07, 6.45) is 4.84. The largest absolute Gasteiger partial charge is 0.354 e. The van der Waals surface area contributed by atoms with Crippen molar-refractivity contribution in [2.45, 2.75) is 19.3 Å². The van der Waals surface area contributed by atoms with Crippen molar-refractivity contribution in [1.29, 1.82) is 0 Å². The molecule has 1 aromatic heterocycles. The quantitative estimate of drug-likeness (QED) is 0.872. The molecule has 1 aromatic carbocycles. The van der Waals surface area contributed by atoms with Gasteiger partial charge in [-0.05, 0) is 30.0 Å². The summed E-state index contributed by atoms with van der Waals surface area (Å²) in [5.41, 5.74) is 4.03. The SMILES string of the molecule is Cc1cnc(NCC2Cc3ccccc32)nc1. The topological polar surface area (TPSA) is 37.8 Å². The zero-order valence-electron chi connectivity index (χ0n) is 9.85. The molecule has 3 nitrogen and oxygen atoms in total. The molecule has 1 aliphatic rings. The Morgan fingerprint density at radius 1 is 1.24 bits per heavy atom. The number of hydrogen-bond acceptors (Lipinski definition) is 3. The van der Waals surface area contributed by atoms with Crippen molar-refractivity contribution >= 4 is 5.95 Å². The molecule has 1 N–H and O–H groups in total. The highest BCUT2D eigenvalue weighted by Crippen LogP contribution is 2.34. The molecule has 0 saturated carbocycles. The highest BCUT2D eigenvalue weighted by molar-refractivity contribution is 5.41. The van der Waals surface area contributed by atoms with Gasteiger partial charge in [0.15, 0.2) is 0 Å². The number of rotatable bonds is 3. The zero-order chi connectivity index (χ0) is 11.7. The molecule has 1 atom stereocenters. The summed E-state index contributed by atoms with van der Waals surface area (Å²) < 4.78 is 0. The standard InChI is InChI=1S/C14H15N3/c1-10-7-15-14(16-8-10)17-9-12-6-11-4-2-3-5-13(11)12/h2-5,7-8,12H,6,9H2,1H3,(H,15,16,17). The fourth-order valence-corrected chi connectivity index (χ4v) is 2.24. The summed E-state index contributed by atoms with van der Waals surface area (Å²) in [5, 5.41) is 3.29. The smallest absolute Gasteiger partial charge is 0.222 e. The highest BCUT2D eigenvalue weighted by Gasteiger charge is 2.24. The molecule has 0 spiro atoms. The Balaban J connectivity index is 1.62. The van der Waals surface area contributed by atoms with Crippen molar-refractivity contribution in [3.63, 3.8) is 0 Å². The maximum Gasteiger partial charge on any atom is 0.222 e. The molecule has 3 heteroatoms. The van der Waals surface area contributed by atoms with Crippen molar-refractivity contribution in [1.82, 2.24) is 9.97 Å². The third-order valence-corrected chi connectivity index (χ3v) is 3.25. The van der Waals surface area contributed by atoms with E-state index in [1.165, 1.54) is 11.1 Å². The van der Waals surface area contributed by atoms with Gasteiger partial charge in [-0.1, -0.05) is 24.3 Å². The average Bonchev–Trinajstić information content (AvgIpc) is 2.33. The summed E-state index contributed by atoms with van der Waals surface area (Å²) in [7, 11) is 0. The lowest BCUT2D eigenvalue weighted by Crippen LogP contribution is -2.24. The van der Waals surface area contributed by atoms with Crippen molar-refractivity contribution in [3.8, 4) is 0 Å². The second kappa shape index (κ2) is 4.17. The summed E-state index contributed by atoms with van der Waals surface area (Å²) in [5.74, 6) is 1.33. The average molecular weight is 225 g/mol. The number of nitrogens with zero attached hydrogens (tertiary/aromatic N) is 2. The number of benzene rings is 1. The zero-order valence-corrected chi connectivity index (χ0v) is 9.85. The van der Waals surface area contributed by atoms with Crippen molar-refractivity contribution in [2.24, 2.45) is 0 Å². The van der Waals surface area contributed by atoms with Crippen LogP contribution in [0.15, 0.2) is 36.7 Å². The fourth-order valence-electron chi connectivity index (χ4n) is 2.24. The first-order chi connectivity index (χ1) is 8.33. The van der Waals surface area contributed by atoms with Gasteiger partial charge in [0.25, 0.3) is 0 Å². The third kappa shape index (κ3) is 2.00. The Bertz CT molecular complexity index is 519. The van der Waals surface area contributed by atoms with Crippen LogP contribution in [0.3, 0.4) is 0 Å². The summed E-state index contributed by atoms with van der Waals surface area (Å²) in [6, 6.07) is 8.62. The molecule has 2 aromatic rings. The predicted molar refractivity (Wildman–Crippen MR) is 68.1 cm³/mol. The molecule has 3 rings (SSSR count). The summed E-state index contributed by atoms with van der Waals surface area (Å²) in [6.45, 7) is 2.91. The number of hydrogen-bond donors (Lipinski definition) is 1. The number of fused-ring (bicyclic) bond motifs is 1. The Hall–Kier alpha value is -1.90. The molecular formula is C14H15N3. The van der Waals surface area contributed by atoms with Crippen molar-refractivity contribution in [2.75, 3.05) is 11.9 Å². The fraction of sp³-hybridized carbons (Fsp3) is 0.286. The van der Waals surface area contributed by atoms with Crippen LogP contribution in [0.5, 0.6) is 0 Å². The highest BCUT2D eigenvalue weighted by atomic mass is 15.1. The first-order valence-corrected chi connectivity index (χ1v) is 5.93. The lowest BCUT2D eigenvalue weighted by atomic mass is 9.78. The van der Waals surface area contributed by atoms with Gasteiger partial charge in [0.1, 0.15) is 0 Å². The van der Waals surface area contributed by atoms with Crippen LogP contribution >= 0.6 is 0 Å². The van der Waals surface area contributed by atoms with Gasteiger partial charge in [-0.3, -0.25) is 0 Å². The second-order valence-electron chi connectivity index (χ2n) is 4.56. The Morgan fingerprint density at radius 2 is 2.00 bits per heavy atom. The van der Waals surface area contributed by atoms with Crippen LogP contribution in [0, 0.1) is 6.92 Å². The van der Waals surface area contributed by atoms with E-state index in [4.69, 9.17) is 0 Å². The van der Waals surface area contributed by atoms with Gasteiger partial charge in [0, 0.05) is 24.9 Å². The van der Waals surface area contributed by atoms with Crippen LogP contribution < -0.4 is 5.32 Å². The van der Waals surface area contributed by atoms with E-state index in [0.717, 1.165) is 24.5 Å². The van der Waals surface area contributed by atoms with Crippen molar-refractivity contribution < 1.29 is 0 Å². The molecule has 17 heavy (non-hydrogen) atoms. The predicted octanol–water partition coefficient (Wildman–Crippen LogP) is 2.54. The van der Waals surface area contributed by atoms with Gasteiger partial charge in [-0.2, -0.15) is 0 Å². The normalized spacial score (nSPS) is 17.1. The molecule has 0 amide bonds. The minimum atomic E-state index is 0.608.